The standard InChI is InChI=1S/C17H17FO2/c1-11-5-4-6-16(12(11)2)20-13(3)17(19)14-7-9-15(18)10-8-14/h4-10,13H,1-3H3. The molecular formula is C17H17FO2. The Morgan fingerprint density at radius 3 is 2.40 bits per heavy atom. The molecule has 0 heterocycles. The molecule has 0 bridgehead atoms. The third-order valence-corrected chi connectivity index (χ3v) is 3.36. The Labute approximate surface area is 118 Å². The second kappa shape index (κ2) is 5.87. The normalized spacial score (nSPS) is 12.0. The third kappa shape index (κ3) is 3.05. The van der Waals surface area contributed by atoms with E-state index in [2.05, 4.69) is 0 Å². The van der Waals surface area contributed by atoms with E-state index in [1.54, 1.807) is 6.92 Å². The van der Waals surface area contributed by atoms with E-state index in [0.29, 0.717) is 11.3 Å². The zero-order valence-corrected chi connectivity index (χ0v) is 11.8. The van der Waals surface area contributed by atoms with Crippen LogP contribution in [0.25, 0.3) is 0 Å². The van der Waals surface area contributed by atoms with Crippen molar-refractivity contribution in [2.45, 2.75) is 26.9 Å². The zero-order chi connectivity index (χ0) is 14.7. The van der Waals surface area contributed by atoms with Crippen molar-refractivity contribution in [3.63, 3.8) is 0 Å². The van der Waals surface area contributed by atoms with Crippen molar-refractivity contribution in [2.24, 2.45) is 0 Å². The Bertz CT molecular complexity index is 617. The van der Waals surface area contributed by atoms with Gasteiger partial charge >= 0.3 is 0 Å². The van der Waals surface area contributed by atoms with Crippen LogP contribution in [0.15, 0.2) is 42.5 Å². The molecule has 2 aromatic carbocycles. The van der Waals surface area contributed by atoms with Crippen LogP contribution in [-0.2, 0) is 0 Å². The highest BCUT2D eigenvalue weighted by Crippen LogP contribution is 2.22. The van der Waals surface area contributed by atoms with Crippen LogP contribution in [-0.4, -0.2) is 11.9 Å². The summed E-state index contributed by atoms with van der Waals surface area (Å²) in [6.45, 7) is 5.65. The van der Waals surface area contributed by atoms with Gasteiger partial charge < -0.3 is 4.74 Å². The van der Waals surface area contributed by atoms with Crippen molar-refractivity contribution in [3.8, 4) is 5.75 Å². The topological polar surface area (TPSA) is 26.3 Å². The highest BCUT2D eigenvalue weighted by Gasteiger charge is 2.17. The summed E-state index contributed by atoms with van der Waals surface area (Å²) >= 11 is 0. The Morgan fingerprint density at radius 1 is 1.10 bits per heavy atom. The minimum atomic E-state index is -0.610. The number of ketones is 1. The molecule has 0 fully saturated rings. The Morgan fingerprint density at radius 2 is 1.75 bits per heavy atom. The van der Waals surface area contributed by atoms with Gasteiger partial charge in [-0.05, 0) is 62.2 Å². The van der Waals surface area contributed by atoms with Gasteiger partial charge in [0.25, 0.3) is 0 Å². The molecule has 1 atom stereocenters. The quantitative estimate of drug-likeness (QED) is 0.783. The van der Waals surface area contributed by atoms with E-state index >= 15 is 0 Å². The van der Waals surface area contributed by atoms with Crippen LogP contribution >= 0.6 is 0 Å². The summed E-state index contributed by atoms with van der Waals surface area (Å²) in [6.07, 6.45) is -0.610. The van der Waals surface area contributed by atoms with Crippen molar-refractivity contribution >= 4 is 5.78 Å². The highest BCUT2D eigenvalue weighted by molar-refractivity contribution is 5.99. The summed E-state index contributed by atoms with van der Waals surface area (Å²) in [6, 6.07) is 11.2. The lowest BCUT2D eigenvalue weighted by molar-refractivity contribution is 0.0817. The zero-order valence-electron chi connectivity index (χ0n) is 11.8. The van der Waals surface area contributed by atoms with Crippen LogP contribution in [0.4, 0.5) is 4.39 Å². The molecule has 3 heteroatoms. The van der Waals surface area contributed by atoms with E-state index < -0.39 is 6.10 Å². The van der Waals surface area contributed by atoms with Crippen LogP contribution < -0.4 is 4.74 Å². The molecule has 1 unspecified atom stereocenters. The van der Waals surface area contributed by atoms with E-state index in [9.17, 15) is 9.18 Å². The maximum absolute atomic E-state index is 12.9. The first kappa shape index (κ1) is 14.3. The molecule has 0 N–H and O–H groups in total. The van der Waals surface area contributed by atoms with Gasteiger partial charge in [0.2, 0.25) is 5.78 Å². The summed E-state index contributed by atoms with van der Waals surface area (Å²) in [4.78, 5) is 12.2. The van der Waals surface area contributed by atoms with E-state index in [1.165, 1.54) is 24.3 Å². The van der Waals surface area contributed by atoms with E-state index in [4.69, 9.17) is 4.74 Å². The molecule has 0 saturated heterocycles. The van der Waals surface area contributed by atoms with Gasteiger partial charge in [0.05, 0.1) is 0 Å². The SMILES string of the molecule is Cc1cccc(OC(C)C(=O)c2ccc(F)cc2)c1C. The Kier molecular flexibility index (Phi) is 4.18. The number of halogens is 1. The summed E-state index contributed by atoms with van der Waals surface area (Å²) in [7, 11) is 0. The minimum absolute atomic E-state index is 0.161. The monoisotopic (exact) mass is 272 g/mol. The van der Waals surface area contributed by atoms with Crippen LogP contribution in [0.3, 0.4) is 0 Å². The average molecular weight is 272 g/mol. The maximum atomic E-state index is 12.9. The van der Waals surface area contributed by atoms with Crippen LogP contribution in [0.5, 0.6) is 5.75 Å². The minimum Gasteiger partial charge on any atom is -0.482 e. The molecule has 0 aliphatic rings. The van der Waals surface area contributed by atoms with Gasteiger partial charge in [-0.3, -0.25) is 4.79 Å². The molecule has 0 aliphatic heterocycles. The van der Waals surface area contributed by atoms with Gasteiger partial charge in [-0.1, -0.05) is 12.1 Å². The lowest BCUT2D eigenvalue weighted by Crippen LogP contribution is -2.24. The maximum Gasteiger partial charge on any atom is 0.202 e. The molecule has 0 saturated carbocycles. The Hall–Kier alpha value is -2.16. The predicted molar refractivity (Wildman–Crippen MR) is 76.7 cm³/mol. The number of hydrogen-bond acceptors (Lipinski definition) is 2. The van der Waals surface area contributed by atoms with Crippen molar-refractivity contribution in [3.05, 3.63) is 65.0 Å². The summed E-state index contributed by atoms with van der Waals surface area (Å²) in [5, 5.41) is 0. The molecular weight excluding hydrogens is 255 g/mol. The van der Waals surface area contributed by atoms with Crippen molar-refractivity contribution in [1.82, 2.24) is 0 Å². The van der Waals surface area contributed by atoms with Gasteiger partial charge in [-0.2, -0.15) is 0 Å². The van der Waals surface area contributed by atoms with Gasteiger partial charge in [-0.15, -0.1) is 0 Å². The fourth-order valence-electron chi connectivity index (χ4n) is 1.94. The van der Waals surface area contributed by atoms with E-state index in [0.717, 1.165) is 11.1 Å². The van der Waals surface area contributed by atoms with E-state index in [-0.39, 0.29) is 11.6 Å². The van der Waals surface area contributed by atoms with Gasteiger partial charge in [0.15, 0.2) is 6.10 Å². The third-order valence-electron chi connectivity index (χ3n) is 3.36. The largest absolute Gasteiger partial charge is 0.482 e. The Balaban J connectivity index is 2.15. The molecule has 0 spiro atoms. The van der Waals surface area contributed by atoms with Gasteiger partial charge in [0.1, 0.15) is 11.6 Å². The van der Waals surface area contributed by atoms with Crippen molar-refractivity contribution in [2.75, 3.05) is 0 Å². The number of rotatable bonds is 4. The van der Waals surface area contributed by atoms with Crippen LogP contribution in [0.1, 0.15) is 28.4 Å². The summed E-state index contributed by atoms with van der Waals surface area (Å²) in [5.41, 5.74) is 2.58. The second-order valence-corrected chi connectivity index (χ2v) is 4.83. The lowest BCUT2D eigenvalue weighted by atomic mass is 10.1. The number of Topliss-reactive ketones (excluding diaryl/α,β-unsaturated/α-hetero) is 1. The summed E-state index contributed by atoms with van der Waals surface area (Å²) in [5.74, 6) is 0.184. The molecule has 2 rings (SSSR count). The number of aryl methyl sites for hydroxylation is 1. The molecule has 0 radical (unpaired) electrons. The number of carbonyl (C=O) groups is 1. The molecule has 0 amide bonds. The van der Waals surface area contributed by atoms with Gasteiger partial charge in [0, 0.05) is 5.56 Å². The van der Waals surface area contributed by atoms with Crippen LogP contribution in [0, 0.1) is 19.7 Å². The van der Waals surface area contributed by atoms with Crippen LogP contribution in [0.2, 0.25) is 0 Å². The lowest BCUT2D eigenvalue weighted by Gasteiger charge is -2.16. The molecule has 0 aromatic heterocycles. The number of hydrogen-bond donors (Lipinski definition) is 0. The predicted octanol–water partition coefficient (Wildman–Crippen LogP) is 4.09. The van der Waals surface area contributed by atoms with E-state index in [1.807, 2.05) is 32.0 Å². The first-order chi connectivity index (χ1) is 9.49. The average Bonchev–Trinajstić information content (AvgIpc) is 2.44. The number of ether oxygens (including phenoxy) is 1. The molecule has 0 aliphatic carbocycles. The summed E-state index contributed by atoms with van der Waals surface area (Å²) < 4.78 is 18.6. The fraction of sp³-hybridized carbons (Fsp3) is 0.235. The molecule has 20 heavy (non-hydrogen) atoms. The fourth-order valence-corrected chi connectivity index (χ4v) is 1.94. The smallest absolute Gasteiger partial charge is 0.202 e. The molecule has 2 nitrogen and oxygen atoms in total. The van der Waals surface area contributed by atoms with Gasteiger partial charge in [-0.25, -0.2) is 4.39 Å². The highest BCUT2D eigenvalue weighted by atomic mass is 19.1. The number of benzene rings is 2. The second-order valence-electron chi connectivity index (χ2n) is 4.83. The van der Waals surface area contributed by atoms with Crippen molar-refractivity contribution < 1.29 is 13.9 Å². The number of carbonyl (C=O) groups excluding carboxylic acids is 1. The molecule has 2 aromatic rings. The molecule has 104 valence electrons. The first-order valence-electron chi connectivity index (χ1n) is 6.51. The first-order valence-corrected chi connectivity index (χ1v) is 6.51. The van der Waals surface area contributed by atoms with Crippen molar-refractivity contribution in [1.29, 1.82) is 0 Å².